The zero-order valence-electron chi connectivity index (χ0n) is 19.5. The predicted octanol–water partition coefficient (Wildman–Crippen LogP) is 4.94. The number of nitrogens with one attached hydrogen (secondary N) is 2. The van der Waals surface area contributed by atoms with E-state index in [1.54, 1.807) is 46.0 Å². The normalized spacial score (nSPS) is 11.3. The van der Waals surface area contributed by atoms with Crippen LogP contribution < -0.4 is 19.7 Å². The first kappa shape index (κ1) is 25.5. The molecule has 0 aliphatic heterocycles. The van der Waals surface area contributed by atoms with Crippen LogP contribution in [0.2, 0.25) is 10.0 Å². The molecule has 2 amide bonds. The van der Waals surface area contributed by atoms with Gasteiger partial charge in [-0.3, -0.25) is 4.79 Å². The third-order valence-electron chi connectivity index (χ3n) is 4.70. The molecule has 0 aliphatic rings. The molecule has 0 saturated heterocycles. The molecule has 0 fully saturated rings. The van der Waals surface area contributed by atoms with E-state index in [1.807, 2.05) is 12.1 Å². The second kappa shape index (κ2) is 10.4. The van der Waals surface area contributed by atoms with Crippen LogP contribution >= 0.6 is 23.2 Å². The number of nitrogens with zero attached hydrogens (tertiary/aromatic N) is 2. The van der Waals surface area contributed by atoms with Gasteiger partial charge in [0.05, 0.1) is 23.3 Å². The summed E-state index contributed by atoms with van der Waals surface area (Å²) in [5.41, 5.74) is 1.60. The van der Waals surface area contributed by atoms with Gasteiger partial charge in [-0.25, -0.2) is 4.79 Å². The topological polar surface area (TPSA) is 106 Å². The van der Waals surface area contributed by atoms with Crippen molar-refractivity contribution in [2.75, 3.05) is 25.6 Å². The summed E-state index contributed by atoms with van der Waals surface area (Å²) in [5, 5.41) is 3.08. The van der Waals surface area contributed by atoms with Crippen LogP contribution in [0.5, 0.6) is 11.8 Å². The number of hydrogen-bond acceptors (Lipinski definition) is 6. The van der Waals surface area contributed by atoms with Crippen molar-refractivity contribution in [1.82, 2.24) is 15.3 Å². The average molecular weight is 509 g/mol. The number of alkyl carbamates (subject to hydrolysis) is 1. The number of likely N-dealkylation sites (N-methyl/N-ethyl adjacent to an activating group) is 1. The van der Waals surface area contributed by atoms with E-state index in [-0.39, 0.29) is 18.2 Å². The van der Waals surface area contributed by atoms with E-state index < -0.39 is 17.6 Å². The molecule has 0 unspecified atom stereocenters. The van der Waals surface area contributed by atoms with Gasteiger partial charge in [0.2, 0.25) is 5.91 Å². The van der Waals surface area contributed by atoms with Gasteiger partial charge in [-0.2, -0.15) is 4.98 Å². The summed E-state index contributed by atoms with van der Waals surface area (Å²) in [5.74, 6) is 0.121. The standard InChI is InChI=1S/C23H26Cl2N4O5/c1-23(2,3)34-22(31)26-11-18(30)29(4)16-10-9-14(24)13(19(16)25)12-33-17-8-6-7-15-20(17)28-21(27-15)32-5/h6-10H,11-12H2,1-5H3,(H,26,31)(H,27,28). The molecule has 182 valence electrons. The second-order valence-corrected chi connectivity index (χ2v) is 9.14. The minimum Gasteiger partial charge on any atom is -0.486 e. The van der Waals surface area contributed by atoms with Crippen LogP contribution in [0.1, 0.15) is 26.3 Å². The number of hydrogen-bond donors (Lipinski definition) is 2. The number of aromatic nitrogens is 2. The fourth-order valence-corrected chi connectivity index (χ4v) is 3.64. The Morgan fingerprint density at radius 1 is 1.18 bits per heavy atom. The number of ether oxygens (including phenoxy) is 3. The third-order valence-corrected chi connectivity index (χ3v) is 5.48. The lowest BCUT2D eigenvalue weighted by atomic mass is 10.2. The molecule has 0 saturated carbocycles. The molecular weight excluding hydrogens is 483 g/mol. The van der Waals surface area contributed by atoms with Crippen molar-refractivity contribution in [3.63, 3.8) is 0 Å². The van der Waals surface area contributed by atoms with Gasteiger partial charge in [0.1, 0.15) is 30.0 Å². The van der Waals surface area contributed by atoms with Crippen LogP contribution in [0, 0.1) is 0 Å². The number of carbonyl (C=O) groups is 2. The molecule has 1 heterocycles. The van der Waals surface area contributed by atoms with Crippen LogP contribution in [0.25, 0.3) is 11.0 Å². The Hall–Kier alpha value is -3.17. The zero-order chi connectivity index (χ0) is 25.0. The van der Waals surface area contributed by atoms with Crippen LogP contribution in [-0.2, 0) is 16.1 Å². The average Bonchev–Trinajstić information content (AvgIpc) is 3.20. The van der Waals surface area contributed by atoms with Crippen LogP contribution in [-0.4, -0.2) is 48.3 Å². The van der Waals surface area contributed by atoms with Gasteiger partial charge >= 0.3 is 6.09 Å². The summed E-state index contributed by atoms with van der Waals surface area (Å²) in [6.07, 6.45) is -0.685. The first-order chi connectivity index (χ1) is 16.0. The van der Waals surface area contributed by atoms with Gasteiger partial charge in [0, 0.05) is 17.6 Å². The fourth-order valence-electron chi connectivity index (χ4n) is 3.04. The lowest BCUT2D eigenvalue weighted by Crippen LogP contribution is -2.40. The van der Waals surface area contributed by atoms with Gasteiger partial charge in [-0.15, -0.1) is 0 Å². The van der Waals surface area contributed by atoms with Crippen molar-refractivity contribution in [3.8, 4) is 11.8 Å². The SMILES string of the molecule is COc1nc2c(OCc3c(Cl)ccc(N(C)C(=O)CNC(=O)OC(C)(C)C)c3Cl)cccc2[nH]1. The Morgan fingerprint density at radius 2 is 1.91 bits per heavy atom. The maximum Gasteiger partial charge on any atom is 0.408 e. The van der Waals surface area contributed by atoms with E-state index >= 15 is 0 Å². The zero-order valence-corrected chi connectivity index (χ0v) is 21.0. The highest BCUT2D eigenvalue weighted by Crippen LogP contribution is 2.35. The molecule has 0 bridgehead atoms. The lowest BCUT2D eigenvalue weighted by molar-refractivity contribution is -0.117. The monoisotopic (exact) mass is 508 g/mol. The molecule has 9 nitrogen and oxygen atoms in total. The molecule has 0 spiro atoms. The van der Waals surface area contributed by atoms with E-state index in [9.17, 15) is 9.59 Å². The highest BCUT2D eigenvalue weighted by Gasteiger charge is 2.21. The fraction of sp³-hybridized carbons (Fsp3) is 0.348. The van der Waals surface area contributed by atoms with E-state index in [1.165, 1.54) is 12.0 Å². The van der Waals surface area contributed by atoms with Crippen LogP contribution in [0.4, 0.5) is 10.5 Å². The van der Waals surface area contributed by atoms with Crippen molar-refractivity contribution in [3.05, 3.63) is 45.9 Å². The number of fused-ring (bicyclic) bond motifs is 1. The number of amides is 2. The summed E-state index contributed by atoms with van der Waals surface area (Å²) in [7, 11) is 3.07. The second-order valence-electron chi connectivity index (χ2n) is 8.35. The van der Waals surface area contributed by atoms with Crippen LogP contribution in [0.3, 0.4) is 0 Å². The number of rotatable bonds is 7. The highest BCUT2D eigenvalue weighted by molar-refractivity contribution is 6.38. The third kappa shape index (κ3) is 6.03. The number of H-pyrrole nitrogens is 1. The molecular formula is C23H26Cl2N4O5. The van der Waals surface area contributed by atoms with Crippen molar-refractivity contribution >= 4 is 51.9 Å². The predicted molar refractivity (Wildman–Crippen MR) is 131 cm³/mol. The molecule has 3 aromatic rings. The molecule has 11 heteroatoms. The van der Waals surface area contributed by atoms with E-state index in [0.29, 0.717) is 33.6 Å². The van der Waals surface area contributed by atoms with E-state index in [2.05, 4.69) is 15.3 Å². The minimum absolute atomic E-state index is 0.0397. The minimum atomic E-state index is -0.685. The van der Waals surface area contributed by atoms with Gasteiger partial charge < -0.3 is 29.4 Å². The first-order valence-corrected chi connectivity index (χ1v) is 11.1. The van der Waals surface area contributed by atoms with Crippen LogP contribution in [0.15, 0.2) is 30.3 Å². The van der Waals surface area contributed by atoms with Crippen molar-refractivity contribution < 1.29 is 23.8 Å². The Labute approximate surface area is 207 Å². The van der Waals surface area contributed by atoms with Crippen molar-refractivity contribution in [1.29, 1.82) is 0 Å². The Kier molecular flexibility index (Phi) is 7.78. The smallest absolute Gasteiger partial charge is 0.408 e. The molecule has 2 N–H and O–H groups in total. The molecule has 3 rings (SSSR count). The summed E-state index contributed by atoms with van der Waals surface area (Å²) in [6.45, 7) is 4.99. The number of benzene rings is 2. The number of carbonyl (C=O) groups excluding carboxylic acids is 2. The quantitative estimate of drug-likeness (QED) is 0.467. The Morgan fingerprint density at radius 3 is 2.59 bits per heavy atom. The summed E-state index contributed by atoms with van der Waals surface area (Å²) in [4.78, 5) is 33.2. The lowest BCUT2D eigenvalue weighted by Gasteiger charge is -2.22. The van der Waals surface area contributed by atoms with E-state index in [4.69, 9.17) is 37.4 Å². The molecule has 0 aliphatic carbocycles. The molecule has 0 radical (unpaired) electrons. The Balaban J connectivity index is 1.74. The first-order valence-electron chi connectivity index (χ1n) is 10.4. The maximum absolute atomic E-state index is 12.6. The molecule has 2 aromatic carbocycles. The van der Waals surface area contributed by atoms with E-state index in [0.717, 1.165) is 5.52 Å². The van der Waals surface area contributed by atoms with Crippen molar-refractivity contribution in [2.24, 2.45) is 0 Å². The number of halogens is 2. The number of imidazole rings is 1. The Bertz CT molecular complexity index is 1210. The van der Waals surface area contributed by atoms with Gasteiger partial charge in [-0.05, 0) is 45.0 Å². The van der Waals surface area contributed by atoms with Gasteiger partial charge in [0.25, 0.3) is 6.01 Å². The maximum atomic E-state index is 12.6. The number of aromatic amines is 1. The summed E-state index contributed by atoms with van der Waals surface area (Å²) < 4.78 is 16.3. The highest BCUT2D eigenvalue weighted by atomic mass is 35.5. The number of anilines is 1. The molecule has 0 atom stereocenters. The number of para-hydroxylation sites is 1. The van der Waals surface area contributed by atoms with Gasteiger partial charge in [0.15, 0.2) is 0 Å². The van der Waals surface area contributed by atoms with Gasteiger partial charge in [-0.1, -0.05) is 29.3 Å². The molecule has 1 aromatic heterocycles. The molecule has 34 heavy (non-hydrogen) atoms. The van der Waals surface area contributed by atoms with Crippen molar-refractivity contribution in [2.45, 2.75) is 33.0 Å². The number of methoxy groups -OCH3 is 1. The summed E-state index contributed by atoms with van der Waals surface area (Å²) >= 11 is 13.0. The largest absolute Gasteiger partial charge is 0.486 e. The summed E-state index contributed by atoms with van der Waals surface area (Å²) in [6, 6.07) is 9.06.